The molecule has 0 radical (unpaired) electrons. The van der Waals surface area contributed by atoms with Gasteiger partial charge in [-0.3, -0.25) is 10.2 Å². The summed E-state index contributed by atoms with van der Waals surface area (Å²) in [6, 6.07) is 4.48. The second kappa shape index (κ2) is 5.07. The number of hydrogen-bond donors (Lipinski definition) is 1. The molecule has 3 nitrogen and oxygen atoms in total. The molecule has 19 heavy (non-hydrogen) atoms. The van der Waals surface area contributed by atoms with Gasteiger partial charge >= 0.3 is 0 Å². The van der Waals surface area contributed by atoms with Crippen molar-refractivity contribution in [1.29, 1.82) is 5.26 Å². The summed E-state index contributed by atoms with van der Waals surface area (Å²) in [5.74, 6) is 0.952. The molecule has 0 aromatic carbocycles. The Morgan fingerprint density at radius 2 is 1.95 bits per heavy atom. The van der Waals surface area contributed by atoms with Gasteiger partial charge in [-0.1, -0.05) is 0 Å². The van der Waals surface area contributed by atoms with E-state index in [9.17, 15) is 5.26 Å². The maximum atomic E-state index is 9.51. The van der Waals surface area contributed by atoms with Gasteiger partial charge in [-0.25, -0.2) is 0 Å². The van der Waals surface area contributed by atoms with Gasteiger partial charge in [0.1, 0.15) is 5.54 Å². The molecule has 0 aromatic heterocycles. The van der Waals surface area contributed by atoms with E-state index in [1.54, 1.807) is 0 Å². The lowest BCUT2D eigenvalue weighted by Crippen LogP contribution is -2.49. The van der Waals surface area contributed by atoms with Crippen molar-refractivity contribution in [2.45, 2.75) is 82.5 Å². The van der Waals surface area contributed by atoms with Crippen LogP contribution in [0.2, 0.25) is 0 Å². The Hall–Kier alpha value is -0.590. The van der Waals surface area contributed by atoms with Gasteiger partial charge in [-0.15, -0.1) is 0 Å². The fourth-order valence-electron chi connectivity index (χ4n) is 3.22. The molecule has 0 heterocycles. The number of rotatable bonds is 8. The van der Waals surface area contributed by atoms with Crippen LogP contribution in [0.3, 0.4) is 0 Å². The van der Waals surface area contributed by atoms with E-state index in [2.05, 4.69) is 30.1 Å². The molecule has 0 amide bonds. The van der Waals surface area contributed by atoms with Crippen LogP contribution < -0.4 is 5.32 Å². The Bertz CT molecular complexity index is 363. The van der Waals surface area contributed by atoms with E-state index in [1.807, 2.05) is 0 Å². The summed E-state index contributed by atoms with van der Waals surface area (Å²) in [6.45, 7) is 5.69. The van der Waals surface area contributed by atoms with Crippen molar-refractivity contribution in [3.05, 3.63) is 0 Å². The first kappa shape index (κ1) is 13.4. The second-order valence-corrected chi connectivity index (χ2v) is 7.29. The first-order valence-corrected chi connectivity index (χ1v) is 8.04. The summed E-state index contributed by atoms with van der Waals surface area (Å²) < 4.78 is 0. The van der Waals surface area contributed by atoms with Crippen molar-refractivity contribution < 1.29 is 0 Å². The van der Waals surface area contributed by atoms with E-state index in [-0.39, 0.29) is 5.54 Å². The average molecular weight is 261 g/mol. The number of nitrogens with zero attached hydrogens (tertiary/aromatic N) is 2. The fraction of sp³-hybridized carbons (Fsp3) is 0.938. The largest absolute Gasteiger partial charge is 0.297 e. The summed E-state index contributed by atoms with van der Waals surface area (Å²) in [4.78, 5) is 2.70. The second-order valence-electron chi connectivity index (χ2n) is 7.29. The normalized spacial score (nSPS) is 27.9. The Kier molecular flexibility index (Phi) is 3.57. The number of nitrogens with one attached hydrogen (secondary N) is 1. The molecular formula is C16H27N3. The molecular weight excluding hydrogens is 234 g/mol. The zero-order valence-electron chi connectivity index (χ0n) is 12.4. The third-order valence-corrected chi connectivity index (χ3v) is 4.80. The number of hydrogen-bond acceptors (Lipinski definition) is 3. The first-order chi connectivity index (χ1) is 9.09. The predicted molar refractivity (Wildman–Crippen MR) is 76.7 cm³/mol. The van der Waals surface area contributed by atoms with Crippen LogP contribution in [0.5, 0.6) is 0 Å². The van der Waals surface area contributed by atoms with Gasteiger partial charge in [-0.2, -0.15) is 5.26 Å². The third-order valence-electron chi connectivity index (χ3n) is 4.80. The van der Waals surface area contributed by atoms with Crippen molar-refractivity contribution in [3.8, 4) is 6.07 Å². The highest BCUT2D eigenvalue weighted by molar-refractivity contribution is 5.09. The Labute approximate surface area is 117 Å². The topological polar surface area (TPSA) is 39.1 Å². The Balaban J connectivity index is 1.57. The van der Waals surface area contributed by atoms with Crippen LogP contribution >= 0.6 is 0 Å². The molecule has 3 rings (SSSR count). The van der Waals surface area contributed by atoms with Crippen LogP contribution in [0.4, 0.5) is 0 Å². The molecule has 0 spiro atoms. The smallest absolute Gasteiger partial charge is 0.105 e. The fourth-order valence-corrected chi connectivity index (χ4v) is 3.22. The van der Waals surface area contributed by atoms with E-state index in [1.165, 1.54) is 45.1 Å². The molecule has 0 saturated heterocycles. The van der Waals surface area contributed by atoms with Gasteiger partial charge in [-0.05, 0) is 64.7 Å². The van der Waals surface area contributed by atoms with Crippen molar-refractivity contribution in [2.24, 2.45) is 5.92 Å². The van der Waals surface area contributed by atoms with Gasteiger partial charge in [0.15, 0.2) is 0 Å². The lowest BCUT2D eigenvalue weighted by molar-refractivity contribution is 0.160. The average Bonchev–Trinajstić information content (AvgIpc) is 3.22. The molecule has 2 unspecified atom stereocenters. The summed E-state index contributed by atoms with van der Waals surface area (Å²) in [5.41, 5.74) is -0.336. The van der Waals surface area contributed by atoms with Crippen molar-refractivity contribution in [1.82, 2.24) is 10.2 Å². The van der Waals surface area contributed by atoms with E-state index in [0.717, 1.165) is 18.4 Å². The van der Waals surface area contributed by atoms with Gasteiger partial charge < -0.3 is 0 Å². The highest BCUT2D eigenvalue weighted by Gasteiger charge is 2.40. The van der Waals surface area contributed by atoms with E-state index >= 15 is 0 Å². The van der Waals surface area contributed by atoms with Gasteiger partial charge in [0, 0.05) is 24.7 Å². The highest BCUT2D eigenvalue weighted by Crippen LogP contribution is 2.37. The summed E-state index contributed by atoms with van der Waals surface area (Å²) in [7, 11) is 0. The zero-order chi connectivity index (χ0) is 13.5. The minimum absolute atomic E-state index is 0.336. The Morgan fingerprint density at radius 1 is 1.26 bits per heavy atom. The molecule has 3 saturated carbocycles. The molecule has 3 aliphatic rings. The Morgan fingerprint density at radius 3 is 2.42 bits per heavy atom. The van der Waals surface area contributed by atoms with Crippen LogP contribution in [0, 0.1) is 17.2 Å². The monoisotopic (exact) mass is 261 g/mol. The highest BCUT2D eigenvalue weighted by atomic mass is 15.2. The van der Waals surface area contributed by atoms with Gasteiger partial charge in [0.05, 0.1) is 6.07 Å². The van der Waals surface area contributed by atoms with Crippen LogP contribution in [-0.2, 0) is 0 Å². The summed E-state index contributed by atoms with van der Waals surface area (Å²) in [6.07, 6.45) is 9.05. The maximum absolute atomic E-state index is 9.51. The SMILES string of the molecule is CC(CC(C)(C#N)NC1CC1)N(CC1CC1)C1CC1. The molecule has 3 aliphatic carbocycles. The number of nitriles is 1. The molecule has 106 valence electrons. The van der Waals surface area contributed by atoms with Crippen molar-refractivity contribution in [2.75, 3.05) is 6.54 Å². The van der Waals surface area contributed by atoms with E-state index in [4.69, 9.17) is 0 Å². The van der Waals surface area contributed by atoms with Crippen LogP contribution in [-0.4, -0.2) is 35.1 Å². The minimum atomic E-state index is -0.336. The minimum Gasteiger partial charge on any atom is -0.297 e. The maximum Gasteiger partial charge on any atom is 0.105 e. The molecule has 3 fully saturated rings. The standard InChI is InChI=1S/C16H27N3/c1-12(9-16(2,11-17)18-14-5-6-14)19(15-7-8-15)10-13-3-4-13/h12-15,18H,3-10H2,1-2H3. The molecule has 1 N–H and O–H groups in total. The molecule has 2 atom stereocenters. The summed E-state index contributed by atoms with van der Waals surface area (Å²) >= 11 is 0. The van der Waals surface area contributed by atoms with E-state index < -0.39 is 0 Å². The van der Waals surface area contributed by atoms with E-state index in [0.29, 0.717) is 12.1 Å². The van der Waals surface area contributed by atoms with Gasteiger partial charge in [0.2, 0.25) is 0 Å². The van der Waals surface area contributed by atoms with Crippen LogP contribution in [0.25, 0.3) is 0 Å². The van der Waals surface area contributed by atoms with Crippen molar-refractivity contribution >= 4 is 0 Å². The quantitative estimate of drug-likeness (QED) is 0.730. The van der Waals surface area contributed by atoms with Crippen LogP contribution in [0.15, 0.2) is 0 Å². The summed E-state index contributed by atoms with van der Waals surface area (Å²) in [5, 5.41) is 13.1. The lowest BCUT2D eigenvalue weighted by atomic mass is 9.94. The molecule has 0 aromatic rings. The molecule has 0 bridgehead atoms. The predicted octanol–water partition coefficient (Wildman–Crippen LogP) is 2.67. The third kappa shape index (κ3) is 3.70. The lowest BCUT2D eigenvalue weighted by Gasteiger charge is -2.34. The van der Waals surface area contributed by atoms with Crippen molar-refractivity contribution in [3.63, 3.8) is 0 Å². The van der Waals surface area contributed by atoms with Crippen LogP contribution in [0.1, 0.15) is 58.8 Å². The first-order valence-electron chi connectivity index (χ1n) is 8.04. The van der Waals surface area contributed by atoms with Gasteiger partial charge in [0.25, 0.3) is 0 Å². The molecule has 3 heteroatoms. The molecule has 0 aliphatic heterocycles. The zero-order valence-corrected chi connectivity index (χ0v) is 12.4.